The Hall–Kier alpha value is -3.26. The van der Waals surface area contributed by atoms with Crippen LogP contribution in [0.4, 0.5) is 15.9 Å². The van der Waals surface area contributed by atoms with Crippen LogP contribution >= 0.6 is 11.3 Å². The van der Waals surface area contributed by atoms with Crippen molar-refractivity contribution in [3.8, 4) is 22.8 Å². The van der Waals surface area contributed by atoms with Gasteiger partial charge in [0.1, 0.15) is 18.0 Å². The summed E-state index contributed by atoms with van der Waals surface area (Å²) in [6.07, 6.45) is 1.48. The SMILES string of the molecule is CCOc1cc2ncnc(Nc3ccc(F)c(-c4csc(C)n4)c3)c2cc1OCC. The monoisotopic (exact) mass is 424 g/mol. The highest BCUT2D eigenvalue weighted by molar-refractivity contribution is 7.09. The van der Waals surface area contributed by atoms with Gasteiger partial charge in [-0.15, -0.1) is 11.3 Å². The lowest BCUT2D eigenvalue weighted by atomic mass is 10.1. The van der Waals surface area contributed by atoms with E-state index in [4.69, 9.17) is 9.47 Å². The first-order chi connectivity index (χ1) is 14.6. The van der Waals surface area contributed by atoms with Crippen LogP contribution in [0, 0.1) is 12.7 Å². The Bertz CT molecular complexity index is 1200. The van der Waals surface area contributed by atoms with E-state index in [2.05, 4.69) is 20.3 Å². The van der Waals surface area contributed by atoms with Gasteiger partial charge in [0.15, 0.2) is 11.5 Å². The Morgan fingerprint density at radius 3 is 2.50 bits per heavy atom. The minimum atomic E-state index is -0.321. The van der Waals surface area contributed by atoms with E-state index in [1.165, 1.54) is 23.7 Å². The number of aromatic nitrogens is 3. The van der Waals surface area contributed by atoms with Gasteiger partial charge in [0.2, 0.25) is 0 Å². The molecule has 0 amide bonds. The van der Waals surface area contributed by atoms with Gasteiger partial charge >= 0.3 is 0 Å². The Morgan fingerprint density at radius 2 is 1.80 bits per heavy atom. The van der Waals surface area contributed by atoms with Crippen LogP contribution in [0.5, 0.6) is 11.5 Å². The van der Waals surface area contributed by atoms with Gasteiger partial charge in [0.25, 0.3) is 0 Å². The number of benzene rings is 2. The number of fused-ring (bicyclic) bond motifs is 1. The summed E-state index contributed by atoms with van der Waals surface area (Å²) in [6, 6.07) is 8.53. The van der Waals surface area contributed by atoms with Crippen molar-refractivity contribution in [2.24, 2.45) is 0 Å². The van der Waals surface area contributed by atoms with Gasteiger partial charge in [-0.25, -0.2) is 19.3 Å². The second kappa shape index (κ2) is 8.62. The number of rotatable bonds is 7. The number of hydrogen-bond acceptors (Lipinski definition) is 7. The summed E-state index contributed by atoms with van der Waals surface area (Å²) < 4.78 is 25.8. The van der Waals surface area contributed by atoms with E-state index in [-0.39, 0.29) is 5.82 Å². The summed E-state index contributed by atoms with van der Waals surface area (Å²) in [5.41, 5.74) is 2.48. The molecule has 0 aliphatic rings. The van der Waals surface area contributed by atoms with Gasteiger partial charge in [-0.2, -0.15) is 0 Å². The van der Waals surface area contributed by atoms with Gasteiger partial charge in [-0.05, 0) is 45.0 Å². The second-order valence-electron chi connectivity index (χ2n) is 6.48. The van der Waals surface area contributed by atoms with Crippen molar-refractivity contribution in [2.45, 2.75) is 20.8 Å². The van der Waals surface area contributed by atoms with Gasteiger partial charge in [-0.1, -0.05) is 0 Å². The fourth-order valence-corrected chi connectivity index (χ4v) is 3.74. The number of thiazole rings is 1. The highest BCUT2D eigenvalue weighted by Crippen LogP contribution is 2.35. The summed E-state index contributed by atoms with van der Waals surface area (Å²) in [4.78, 5) is 13.1. The number of nitrogens with one attached hydrogen (secondary N) is 1. The zero-order valence-corrected chi connectivity index (χ0v) is 17.7. The zero-order valence-electron chi connectivity index (χ0n) is 16.9. The van der Waals surface area contributed by atoms with Crippen molar-refractivity contribution in [3.05, 3.63) is 52.9 Å². The molecule has 0 aliphatic carbocycles. The normalized spacial score (nSPS) is 10.9. The number of halogens is 1. The topological polar surface area (TPSA) is 69.2 Å². The lowest BCUT2D eigenvalue weighted by Gasteiger charge is -2.14. The van der Waals surface area contributed by atoms with E-state index >= 15 is 0 Å². The smallest absolute Gasteiger partial charge is 0.163 e. The van der Waals surface area contributed by atoms with E-state index in [0.29, 0.717) is 47.5 Å². The summed E-state index contributed by atoms with van der Waals surface area (Å²) >= 11 is 1.49. The lowest BCUT2D eigenvalue weighted by Crippen LogP contribution is -2.01. The summed E-state index contributed by atoms with van der Waals surface area (Å²) in [6.45, 7) is 6.77. The van der Waals surface area contributed by atoms with Crippen LogP contribution in [-0.4, -0.2) is 28.2 Å². The maximum atomic E-state index is 14.4. The van der Waals surface area contributed by atoms with Crippen LogP contribution in [-0.2, 0) is 0 Å². The number of anilines is 2. The standard InChI is InChI=1S/C22H21FN4O2S/c1-4-28-20-9-16-18(10-21(20)29-5-2)24-12-25-22(16)27-14-6-7-17(23)15(8-14)19-11-30-13(3)26-19/h6-12H,4-5H2,1-3H3,(H,24,25,27). The van der Waals surface area contributed by atoms with E-state index < -0.39 is 0 Å². The van der Waals surface area contributed by atoms with Crippen LogP contribution in [0.1, 0.15) is 18.9 Å². The Morgan fingerprint density at radius 1 is 1.03 bits per heavy atom. The second-order valence-corrected chi connectivity index (χ2v) is 7.54. The molecule has 0 spiro atoms. The van der Waals surface area contributed by atoms with Crippen LogP contribution in [0.2, 0.25) is 0 Å². The van der Waals surface area contributed by atoms with E-state index in [1.807, 2.05) is 38.3 Å². The number of nitrogens with zero attached hydrogens (tertiary/aromatic N) is 3. The van der Waals surface area contributed by atoms with Gasteiger partial charge in [0.05, 0.1) is 29.4 Å². The van der Waals surface area contributed by atoms with Crippen molar-refractivity contribution in [3.63, 3.8) is 0 Å². The summed E-state index contributed by atoms with van der Waals surface area (Å²) in [5, 5.41) is 6.79. The molecular weight excluding hydrogens is 403 g/mol. The number of hydrogen-bond donors (Lipinski definition) is 1. The molecule has 0 saturated heterocycles. The molecule has 30 heavy (non-hydrogen) atoms. The molecule has 2 aromatic heterocycles. The molecule has 0 unspecified atom stereocenters. The Kier molecular flexibility index (Phi) is 5.76. The largest absolute Gasteiger partial charge is 0.490 e. The van der Waals surface area contributed by atoms with E-state index in [1.54, 1.807) is 12.1 Å². The zero-order chi connectivity index (χ0) is 21.1. The van der Waals surface area contributed by atoms with Gasteiger partial charge < -0.3 is 14.8 Å². The lowest BCUT2D eigenvalue weighted by molar-refractivity contribution is 0.288. The summed E-state index contributed by atoms with van der Waals surface area (Å²) in [7, 11) is 0. The molecule has 8 heteroatoms. The minimum Gasteiger partial charge on any atom is -0.490 e. The third kappa shape index (κ3) is 4.04. The molecular formula is C22H21FN4O2S. The molecule has 2 aromatic carbocycles. The van der Waals surface area contributed by atoms with Crippen LogP contribution in [0.15, 0.2) is 42.0 Å². The third-order valence-corrected chi connectivity index (χ3v) is 5.20. The quantitative estimate of drug-likeness (QED) is 0.408. The van der Waals surface area contributed by atoms with Gasteiger partial charge in [-0.3, -0.25) is 0 Å². The highest BCUT2D eigenvalue weighted by Gasteiger charge is 2.14. The van der Waals surface area contributed by atoms with E-state index in [9.17, 15) is 4.39 Å². The Balaban J connectivity index is 1.74. The predicted molar refractivity (Wildman–Crippen MR) is 117 cm³/mol. The van der Waals surface area contributed by atoms with Crippen molar-refractivity contribution < 1.29 is 13.9 Å². The molecule has 0 saturated carbocycles. The molecule has 6 nitrogen and oxygen atoms in total. The average Bonchev–Trinajstić information content (AvgIpc) is 3.17. The minimum absolute atomic E-state index is 0.321. The molecule has 1 N–H and O–H groups in total. The van der Waals surface area contributed by atoms with Crippen molar-refractivity contribution in [1.82, 2.24) is 15.0 Å². The van der Waals surface area contributed by atoms with Crippen LogP contribution in [0.25, 0.3) is 22.2 Å². The van der Waals surface area contributed by atoms with E-state index in [0.717, 1.165) is 15.9 Å². The molecule has 0 atom stereocenters. The van der Waals surface area contributed by atoms with Crippen molar-refractivity contribution in [1.29, 1.82) is 0 Å². The number of aryl methyl sites for hydroxylation is 1. The van der Waals surface area contributed by atoms with Crippen LogP contribution in [0.3, 0.4) is 0 Å². The maximum Gasteiger partial charge on any atom is 0.163 e. The molecule has 0 radical (unpaired) electrons. The first-order valence-corrected chi connectivity index (χ1v) is 10.5. The van der Waals surface area contributed by atoms with Crippen LogP contribution < -0.4 is 14.8 Å². The molecule has 4 rings (SSSR count). The fourth-order valence-electron chi connectivity index (χ4n) is 3.12. The molecule has 4 aromatic rings. The predicted octanol–water partition coefficient (Wildman–Crippen LogP) is 5.74. The fraction of sp³-hybridized carbons (Fsp3) is 0.227. The molecule has 0 bridgehead atoms. The summed E-state index contributed by atoms with van der Waals surface area (Å²) in [5.74, 6) is 1.54. The molecule has 154 valence electrons. The first kappa shape index (κ1) is 20.0. The average molecular weight is 425 g/mol. The Labute approximate surface area is 177 Å². The van der Waals surface area contributed by atoms with Crippen molar-refractivity contribution >= 4 is 33.7 Å². The number of ether oxygens (including phenoxy) is 2. The van der Waals surface area contributed by atoms with Crippen molar-refractivity contribution in [2.75, 3.05) is 18.5 Å². The molecule has 0 aliphatic heterocycles. The highest BCUT2D eigenvalue weighted by atomic mass is 32.1. The first-order valence-electron chi connectivity index (χ1n) is 9.62. The third-order valence-electron chi connectivity index (χ3n) is 4.42. The van der Waals surface area contributed by atoms with Gasteiger partial charge in [0, 0.05) is 28.1 Å². The maximum absolute atomic E-state index is 14.4. The molecule has 0 fully saturated rings. The molecule has 2 heterocycles.